The van der Waals surface area contributed by atoms with Gasteiger partial charge < -0.3 is 5.11 Å². The number of hydrogen-bond acceptors (Lipinski definition) is 4. The SMILES string of the molecule is Cc1ccc(S(=O)(=O)Nc2ccc(C(F)(F)F)cc2C(=O)CO)cc1. The highest BCUT2D eigenvalue weighted by molar-refractivity contribution is 7.92. The Balaban J connectivity index is 2.48. The van der Waals surface area contributed by atoms with E-state index >= 15 is 0 Å². The second-order valence-corrected chi connectivity index (χ2v) is 6.94. The van der Waals surface area contributed by atoms with Crippen molar-refractivity contribution in [1.82, 2.24) is 0 Å². The molecule has 0 atom stereocenters. The molecule has 0 fully saturated rings. The molecule has 0 aliphatic heterocycles. The van der Waals surface area contributed by atoms with Crippen LogP contribution in [-0.2, 0) is 16.2 Å². The fraction of sp³-hybridized carbons (Fsp3) is 0.188. The molecule has 9 heteroatoms. The van der Waals surface area contributed by atoms with Crippen LogP contribution in [0, 0.1) is 6.92 Å². The quantitative estimate of drug-likeness (QED) is 0.790. The van der Waals surface area contributed by atoms with E-state index in [0.717, 1.165) is 11.6 Å². The topological polar surface area (TPSA) is 83.5 Å². The number of carbonyl (C=O) groups excluding carboxylic acids is 1. The Bertz CT molecular complexity index is 891. The number of ketones is 1. The first kappa shape index (κ1) is 18.9. The summed E-state index contributed by atoms with van der Waals surface area (Å²) in [6, 6.07) is 7.77. The summed E-state index contributed by atoms with van der Waals surface area (Å²) >= 11 is 0. The molecule has 0 radical (unpaired) electrons. The molecule has 0 spiro atoms. The lowest BCUT2D eigenvalue weighted by molar-refractivity contribution is -0.137. The smallest absolute Gasteiger partial charge is 0.388 e. The summed E-state index contributed by atoms with van der Waals surface area (Å²) in [5, 5.41) is 8.94. The van der Waals surface area contributed by atoms with Crippen LogP contribution in [0.2, 0.25) is 0 Å². The van der Waals surface area contributed by atoms with Crippen LogP contribution in [0.3, 0.4) is 0 Å². The number of nitrogens with one attached hydrogen (secondary N) is 1. The zero-order valence-electron chi connectivity index (χ0n) is 13.0. The number of alkyl halides is 3. The van der Waals surface area contributed by atoms with Gasteiger partial charge in [-0.15, -0.1) is 0 Å². The van der Waals surface area contributed by atoms with Gasteiger partial charge in [-0.3, -0.25) is 9.52 Å². The maximum absolute atomic E-state index is 12.8. The van der Waals surface area contributed by atoms with Crippen molar-refractivity contribution in [2.75, 3.05) is 11.3 Å². The summed E-state index contributed by atoms with van der Waals surface area (Å²) in [5.41, 5.74) is -1.20. The summed E-state index contributed by atoms with van der Waals surface area (Å²) in [6.07, 6.45) is -4.71. The summed E-state index contributed by atoms with van der Waals surface area (Å²) in [5.74, 6) is -1.03. The molecule has 0 aromatic heterocycles. The van der Waals surface area contributed by atoms with Crippen molar-refractivity contribution in [3.8, 4) is 0 Å². The first-order valence-corrected chi connectivity index (χ1v) is 8.47. The summed E-state index contributed by atoms with van der Waals surface area (Å²) in [7, 11) is -4.11. The number of halogens is 3. The number of aliphatic hydroxyl groups is 1. The van der Waals surface area contributed by atoms with E-state index in [1.165, 1.54) is 12.1 Å². The highest BCUT2D eigenvalue weighted by Gasteiger charge is 2.32. The van der Waals surface area contributed by atoms with E-state index in [9.17, 15) is 26.4 Å². The minimum Gasteiger partial charge on any atom is -0.388 e. The van der Waals surface area contributed by atoms with Crippen LogP contribution in [-0.4, -0.2) is 25.9 Å². The van der Waals surface area contributed by atoms with E-state index < -0.39 is 39.7 Å². The fourth-order valence-corrected chi connectivity index (χ4v) is 3.13. The Hall–Kier alpha value is -2.39. The van der Waals surface area contributed by atoms with Gasteiger partial charge in [0.15, 0.2) is 5.78 Å². The van der Waals surface area contributed by atoms with E-state index in [2.05, 4.69) is 4.72 Å². The molecule has 0 aliphatic carbocycles. The molecule has 0 amide bonds. The second kappa shape index (κ2) is 6.85. The van der Waals surface area contributed by atoms with Crippen molar-refractivity contribution >= 4 is 21.5 Å². The normalized spacial score (nSPS) is 12.0. The molecule has 0 heterocycles. The third kappa shape index (κ3) is 4.37. The van der Waals surface area contributed by atoms with Gasteiger partial charge in [0.05, 0.1) is 16.1 Å². The Morgan fingerprint density at radius 1 is 1.12 bits per heavy atom. The average molecular weight is 373 g/mol. The highest BCUT2D eigenvalue weighted by atomic mass is 32.2. The molecule has 0 aliphatic rings. The van der Waals surface area contributed by atoms with E-state index in [0.29, 0.717) is 12.1 Å². The van der Waals surface area contributed by atoms with Crippen LogP contribution >= 0.6 is 0 Å². The maximum Gasteiger partial charge on any atom is 0.416 e. The van der Waals surface area contributed by atoms with Gasteiger partial charge in [-0.1, -0.05) is 17.7 Å². The first-order valence-electron chi connectivity index (χ1n) is 6.99. The standard InChI is InChI=1S/C16H14F3NO4S/c1-10-2-5-12(6-3-10)25(23,24)20-14-7-4-11(16(17,18)19)8-13(14)15(22)9-21/h2-8,20-21H,9H2,1H3. The fourth-order valence-electron chi connectivity index (χ4n) is 2.05. The van der Waals surface area contributed by atoms with E-state index in [4.69, 9.17) is 5.11 Å². The third-order valence-corrected chi connectivity index (χ3v) is 4.75. The lowest BCUT2D eigenvalue weighted by Crippen LogP contribution is -2.18. The highest BCUT2D eigenvalue weighted by Crippen LogP contribution is 2.32. The molecule has 2 rings (SSSR count). The number of carbonyl (C=O) groups is 1. The van der Waals surface area contributed by atoms with Crippen LogP contribution in [0.15, 0.2) is 47.4 Å². The molecule has 134 valence electrons. The number of aliphatic hydroxyl groups excluding tert-OH is 1. The van der Waals surface area contributed by atoms with Gasteiger partial charge >= 0.3 is 6.18 Å². The van der Waals surface area contributed by atoms with E-state index in [1.54, 1.807) is 19.1 Å². The first-order chi connectivity index (χ1) is 11.5. The third-order valence-electron chi connectivity index (χ3n) is 3.37. The molecule has 25 heavy (non-hydrogen) atoms. The summed E-state index contributed by atoms with van der Waals surface area (Å²) < 4.78 is 65.2. The molecule has 2 N–H and O–H groups in total. The predicted molar refractivity (Wildman–Crippen MR) is 84.8 cm³/mol. The molecule has 2 aromatic carbocycles. The molecule has 2 aromatic rings. The lowest BCUT2D eigenvalue weighted by atomic mass is 10.1. The molecule has 0 unspecified atom stereocenters. The van der Waals surface area contributed by atoms with Crippen LogP contribution in [0.4, 0.5) is 18.9 Å². The number of hydrogen-bond donors (Lipinski definition) is 2. The summed E-state index contributed by atoms with van der Waals surface area (Å²) in [6.45, 7) is 0.707. The van der Waals surface area contributed by atoms with E-state index in [1.807, 2.05) is 0 Å². The van der Waals surface area contributed by atoms with Gasteiger partial charge in [0, 0.05) is 5.56 Å². The predicted octanol–water partition coefficient (Wildman–Crippen LogP) is 2.99. The number of aryl methyl sites for hydroxylation is 1. The van der Waals surface area contributed by atoms with Crippen molar-refractivity contribution in [2.45, 2.75) is 18.0 Å². The van der Waals surface area contributed by atoms with E-state index in [-0.39, 0.29) is 10.6 Å². The Morgan fingerprint density at radius 2 is 1.72 bits per heavy atom. The number of rotatable bonds is 5. The number of anilines is 1. The molecular formula is C16H14F3NO4S. The van der Waals surface area contributed by atoms with Crippen LogP contribution < -0.4 is 4.72 Å². The molecule has 5 nitrogen and oxygen atoms in total. The molecular weight excluding hydrogens is 359 g/mol. The van der Waals surface area contributed by atoms with Crippen molar-refractivity contribution in [3.63, 3.8) is 0 Å². The van der Waals surface area contributed by atoms with Gasteiger partial charge in [0.1, 0.15) is 6.61 Å². The minimum atomic E-state index is -4.71. The van der Waals surface area contributed by atoms with Crippen LogP contribution in [0.5, 0.6) is 0 Å². The lowest BCUT2D eigenvalue weighted by Gasteiger charge is -2.14. The van der Waals surface area contributed by atoms with Gasteiger partial charge in [-0.2, -0.15) is 13.2 Å². The monoisotopic (exact) mass is 373 g/mol. The second-order valence-electron chi connectivity index (χ2n) is 5.26. The molecule has 0 bridgehead atoms. The van der Waals surface area contributed by atoms with Gasteiger partial charge in [0.2, 0.25) is 0 Å². The number of Topliss-reactive ketones (excluding diaryl/α,β-unsaturated/α-hetero) is 1. The Kier molecular flexibility index (Phi) is 5.19. The average Bonchev–Trinajstić information content (AvgIpc) is 2.53. The minimum absolute atomic E-state index is 0.111. The number of benzene rings is 2. The maximum atomic E-state index is 12.8. The summed E-state index contributed by atoms with van der Waals surface area (Å²) in [4.78, 5) is 11.6. The molecule has 0 saturated heterocycles. The van der Waals surface area contributed by atoms with Gasteiger partial charge in [-0.25, -0.2) is 8.42 Å². The van der Waals surface area contributed by atoms with Gasteiger partial charge in [0.25, 0.3) is 10.0 Å². The van der Waals surface area contributed by atoms with Crippen LogP contribution in [0.1, 0.15) is 21.5 Å². The Morgan fingerprint density at radius 3 is 2.24 bits per heavy atom. The van der Waals surface area contributed by atoms with Gasteiger partial charge in [-0.05, 0) is 37.3 Å². The van der Waals surface area contributed by atoms with Crippen molar-refractivity contribution in [2.24, 2.45) is 0 Å². The largest absolute Gasteiger partial charge is 0.416 e. The zero-order chi connectivity index (χ0) is 18.8. The zero-order valence-corrected chi connectivity index (χ0v) is 13.8. The number of sulfonamides is 1. The Labute approximate surface area is 142 Å². The van der Waals surface area contributed by atoms with Crippen LogP contribution in [0.25, 0.3) is 0 Å². The van der Waals surface area contributed by atoms with Crippen molar-refractivity contribution < 1.29 is 31.5 Å². The van der Waals surface area contributed by atoms with Crippen molar-refractivity contribution in [3.05, 3.63) is 59.2 Å². The van der Waals surface area contributed by atoms with Crippen molar-refractivity contribution in [1.29, 1.82) is 0 Å². The molecule has 0 saturated carbocycles.